The van der Waals surface area contributed by atoms with Crippen molar-refractivity contribution in [1.82, 2.24) is 19.7 Å². The molecular formula is C25H38N4O3. The molecule has 0 aromatic carbocycles. The molecule has 3 amide bonds. The first-order valence-corrected chi connectivity index (χ1v) is 12.4. The van der Waals surface area contributed by atoms with Crippen LogP contribution in [0.5, 0.6) is 0 Å². The van der Waals surface area contributed by atoms with Gasteiger partial charge in [0.2, 0.25) is 0 Å². The lowest BCUT2D eigenvalue weighted by Crippen LogP contribution is -2.58. The quantitative estimate of drug-likeness (QED) is 0.578. The lowest BCUT2D eigenvalue weighted by atomic mass is 9.84. The van der Waals surface area contributed by atoms with Gasteiger partial charge in [0.15, 0.2) is 0 Å². The highest BCUT2D eigenvalue weighted by molar-refractivity contribution is 6.07. The topological polar surface area (TPSA) is 66.0 Å². The molecule has 4 heterocycles. The number of hydrogen-bond acceptors (Lipinski definition) is 5. The number of likely N-dealkylation sites (tertiary alicyclic amines) is 1. The first-order chi connectivity index (χ1) is 15.5. The average Bonchev–Trinajstić information content (AvgIpc) is 3.00. The van der Waals surface area contributed by atoms with Crippen LogP contribution in [0.3, 0.4) is 0 Å². The van der Waals surface area contributed by atoms with Gasteiger partial charge in [-0.3, -0.25) is 14.7 Å². The van der Waals surface area contributed by atoms with Gasteiger partial charge in [0.05, 0.1) is 0 Å². The molecule has 3 fully saturated rings. The van der Waals surface area contributed by atoms with Crippen LogP contribution in [0.25, 0.3) is 0 Å². The monoisotopic (exact) mass is 442 g/mol. The van der Waals surface area contributed by atoms with Crippen LogP contribution in [0, 0.1) is 5.92 Å². The van der Waals surface area contributed by atoms with Crippen molar-refractivity contribution in [3.8, 4) is 0 Å². The third kappa shape index (κ3) is 4.84. The van der Waals surface area contributed by atoms with E-state index in [1.807, 2.05) is 17.0 Å². The highest BCUT2D eigenvalue weighted by atomic mass is 16.5. The molecule has 0 saturated carbocycles. The van der Waals surface area contributed by atoms with Crippen LogP contribution in [0.1, 0.15) is 57.9 Å². The molecule has 0 bridgehead atoms. The van der Waals surface area contributed by atoms with Crippen LogP contribution in [0.15, 0.2) is 24.5 Å². The van der Waals surface area contributed by atoms with Crippen molar-refractivity contribution in [1.29, 1.82) is 0 Å². The molecule has 0 N–H and O–H groups in total. The van der Waals surface area contributed by atoms with Crippen molar-refractivity contribution in [3.05, 3.63) is 30.1 Å². The summed E-state index contributed by atoms with van der Waals surface area (Å²) in [6, 6.07) is 4.46. The van der Waals surface area contributed by atoms with Gasteiger partial charge < -0.3 is 14.5 Å². The molecule has 32 heavy (non-hydrogen) atoms. The number of pyridine rings is 1. The van der Waals surface area contributed by atoms with Gasteiger partial charge in [-0.25, -0.2) is 4.79 Å². The summed E-state index contributed by atoms with van der Waals surface area (Å²) < 4.78 is 5.53. The fraction of sp³-hybridized carbons (Fsp3) is 0.720. The molecule has 3 aliphatic heterocycles. The summed E-state index contributed by atoms with van der Waals surface area (Å²) in [4.78, 5) is 37.2. The second kappa shape index (κ2) is 10.3. The molecule has 1 aromatic rings. The molecule has 1 aromatic heterocycles. The summed E-state index contributed by atoms with van der Waals surface area (Å²) in [5.41, 5.74) is 0.542. The van der Waals surface area contributed by atoms with Crippen LogP contribution < -0.4 is 0 Å². The molecule has 176 valence electrons. The number of ether oxygens (including phenoxy) is 1. The zero-order valence-electron chi connectivity index (χ0n) is 19.7. The zero-order valence-corrected chi connectivity index (χ0v) is 19.7. The molecule has 1 spiro atoms. The number of nitrogens with zero attached hydrogens (tertiary/aromatic N) is 4. The fourth-order valence-corrected chi connectivity index (χ4v) is 5.46. The standard InChI is InChI=1S/C25H38N4O3/c1-20(2)7-15-29-24(31)28(14-3-4-21-5-12-26-13-6-21)23(30)25(29)10-16-27(17-11-25)22-8-18-32-19-9-22/h5-6,12-13,20,22H,3-4,7-11,14-19H2,1-2H3. The second-order valence-corrected chi connectivity index (χ2v) is 9.94. The number of amides is 3. The predicted molar refractivity (Wildman–Crippen MR) is 123 cm³/mol. The smallest absolute Gasteiger partial charge is 0.327 e. The molecule has 0 radical (unpaired) electrons. The number of hydrogen-bond donors (Lipinski definition) is 0. The Labute approximate surface area is 192 Å². The summed E-state index contributed by atoms with van der Waals surface area (Å²) in [7, 11) is 0. The maximum Gasteiger partial charge on any atom is 0.327 e. The molecule has 4 rings (SSSR count). The van der Waals surface area contributed by atoms with Crippen LogP contribution in [-0.4, -0.2) is 82.6 Å². The molecule has 3 saturated heterocycles. The number of aromatic nitrogens is 1. The van der Waals surface area contributed by atoms with E-state index in [4.69, 9.17) is 4.74 Å². The maximum absolute atomic E-state index is 13.7. The largest absolute Gasteiger partial charge is 0.381 e. The lowest BCUT2D eigenvalue weighted by molar-refractivity contribution is -0.136. The third-order valence-electron chi connectivity index (χ3n) is 7.48. The van der Waals surface area contributed by atoms with E-state index >= 15 is 0 Å². The number of carbonyl (C=O) groups is 2. The lowest BCUT2D eigenvalue weighted by Gasteiger charge is -2.45. The Bertz CT molecular complexity index is 771. The highest BCUT2D eigenvalue weighted by Gasteiger charge is 2.57. The van der Waals surface area contributed by atoms with E-state index < -0.39 is 5.54 Å². The molecule has 7 heteroatoms. The van der Waals surface area contributed by atoms with Gasteiger partial charge >= 0.3 is 6.03 Å². The summed E-state index contributed by atoms with van der Waals surface area (Å²) in [5, 5.41) is 0. The van der Waals surface area contributed by atoms with E-state index in [0.29, 0.717) is 25.0 Å². The Balaban J connectivity index is 1.43. The first-order valence-electron chi connectivity index (χ1n) is 12.4. The van der Waals surface area contributed by atoms with Crippen molar-refractivity contribution >= 4 is 11.9 Å². The summed E-state index contributed by atoms with van der Waals surface area (Å²) in [6.07, 6.45) is 9.75. The SMILES string of the molecule is CC(C)CCN1C(=O)N(CCCc2ccncc2)C(=O)C12CCN(C1CCOCC1)CC2. The minimum atomic E-state index is -0.649. The summed E-state index contributed by atoms with van der Waals surface area (Å²) in [5.74, 6) is 0.533. The van der Waals surface area contributed by atoms with Crippen molar-refractivity contribution in [3.63, 3.8) is 0 Å². The predicted octanol–water partition coefficient (Wildman–Crippen LogP) is 3.34. The Morgan fingerprint density at radius 1 is 1.09 bits per heavy atom. The van der Waals surface area contributed by atoms with Gasteiger partial charge in [-0.2, -0.15) is 0 Å². The second-order valence-electron chi connectivity index (χ2n) is 9.94. The normalized spacial score (nSPS) is 22.5. The third-order valence-corrected chi connectivity index (χ3v) is 7.48. The number of carbonyl (C=O) groups excluding carboxylic acids is 2. The van der Waals surface area contributed by atoms with E-state index in [9.17, 15) is 9.59 Å². The number of urea groups is 1. The minimum absolute atomic E-state index is 0.0348. The van der Waals surface area contributed by atoms with E-state index in [-0.39, 0.29) is 11.9 Å². The van der Waals surface area contributed by atoms with Crippen molar-refractivity contribution in [2.75, 3.05) is 39.4 Å². The van der Waals surface area contributed by atoms with Crippen LogP contribution in [0.4, 0.5) is 4.79 Å². The fourth-order valence-electron chi connectivity index (χ4n) is 5.46. The highest BCUT2D eigenvalue weighted by Crippen LogP contribution is 2.39. The Morgan fingerprint density at radius 2 is 1.78 bits per heavy atom. The Morgan fingerprint density at radius 3 is 2.44 bits per heavy atom. The van der Waals surface area contributed by atoms with E-state index in [2.05, 4.69) is 23.7 Å². The molecular weight excluding hydrogens is 404 g/mol. The van der Waals surface area contributed by atoms with Crippen molar-refractivity contribution in [2.45, 2.75) is 70.4 Å². The molecule has 7 nitrogen and oxygen atoms in total. The average molecular weight is 443 g/mol. The molecule has 3 aliphatic rings. The van der Waals surface area contributed by atoms with Gasteiger partial charge in [-0.1, -0.05) is 13.8 Å². The number of piperidine rings is 1. The number of aryl methyl sites for hydroxylation is 1. The van der Waals surface area contributed by atoms with Gasteiger partial charge in [-0.05, 0) is 68.6 Å². The maximum atomic E-state index is 13.7. The number of imide groups is 1. The van der Waals surface area contributed by atoms with Gasteiger partial charge in [0.1, 0.15) is 5.54 Å². The Kier molecular flexibility index (Phi) is 7.46. The Hall–Kier alpha value is -1.99. The van der Waals surface area contributed by atoms with Gasteiger partial charge in [0, 0.05) is 57.8 Å². The first kappa shape index (κ1) is 23.2. The van der Waals surface area contributed by atoms with Crippen LogP contribution in [-0.2, 0) is 16.0 Å². The summed E-state index contributed by atoms with van der Waals surface area (Å²) in [6.45, 7) is 8.93. The van der Waals surface area contributed by atoms with E-state index in [1.54, 1.807) is 17.3 Å². The van der Waals surface area contributed by atoms with Crippen molar-refractivity contribution < 1.29 is 14.3 Å². The van der Waals surface area contributed by atoms with Gasteiger partial charge in [-0.15, -0.1) is 0 Å². The van der Waals surface area contributed by atoms with Crippen LogP contribution in [0.2, 0.25) is 0 Å². The minimum Gasteiger partial charge on any atom is -0.381 e. The molecule has 0 unspecified atom stereocenters. The van der Waals surface area contributed by atoms with Crippen molar-refractivity contribution in [2.24, 2.45) is 5.92 Å². The van der Waals surface area contributed by atoms with E-state index in [1.165, 1.54) is 5.56 Å². The van der Waals surface area contributed by atoms with E-state index in [0.717, 1.165) is 71.2 Å². The molecule has 0 atom stereocenters. The number of rotatable bonds is 8. The zero-order chi connectivity index (χ0) is 22.6. The van der Waals surface area contributed by atoms with Gasteiger partial charge in [0.25, 0.3) is 5.91 Å². The van der Waals surface area contributed by atoms with Crippen LogP contribution >= 0.6 is 0 Å². The summed E-state index contributed by atoms with van der Waals surface area (Å²) >= 11 is 0. The molecule has 0 aliphatic carbocycles.